The molecule has 0 saturated carbocycles. The maximum Gasteiger partial charge on any atom is 0.314 e. The molecule has 0 spiro atoms. The van der Waals surface area contributed by atoms with Gasteiger partial charge in [-0.3, -0.25) is 14.4 Å². The first-order valence-corrected chi connectivity index (χ1v) is 7.36. The van der Waals surface area contributed by atoms with Crippen molar-refractivity contribution in [1.82, 2.24) is 4.57 Å². The number of hydrogen-bond donors (Lipinski definition) is 1. The molecule has 1 amide bonds. The van der Waals surface area contributed by atoms with E-state index in [0.717, 1.165) is 6.07 Å². The van der Waals surface area contributed by atoms with Crippen LogP contribution in [0, 0.1) is 5.82 Å². The molecule has 6 nitrogen and oxygen atoms in total. The number of aromatic nitrogens is 1. The second-order valence-corrected chi connectivity index (χ2v) is 5.57. The summed E-state index contributed by atoms with van der Waals surface area (Å²) in [5, 5.41) is 2.52. The molecular weight excluding hydrogens is 315 g/mol. The third kappa shape index (κ3) is 3.05. The fraction of sp³-hybridized carbons (Fsp3) is 0.235. The summed E-state index contributed by atoms with van der Waals surface area (Å²) in [6.07, 6.45) is 1.61. The number of fused-ring (bicyclic) bond motifs is 1. The summed E-state index contributed by atoms with van der Waals surface area (Å²) in [6, 6.07) is 7.15. The fourth-order valence-electron chi connectivity index (χ4n) is 2.71. The highest BCUT2D eigenvalue weighted by atomic mass is 19.1. The predicted octanol–water partition coefficient (Wildman–Crippen LogP) is 2.02. The number of aryl methyl sites for hydroxylation is 1. The second kappa shape index (κ2) is 6.27. The maximum atomic E-state index is 13.3. The summed E-state index contributed by atoms with van der Waals surface area (Å²) >= 11 is 0. The average molecular weight is 330 g/mol. The molecule has 3 rings (SSSR count). The third-order valence-electron chi connectivity index (χ3n) is 3.91. The number of ketones is 1. The molecule has 2 heterocycles. The molecule has 1 aliphatic heterocycles. The van der Waals surface area contributed by atoms with Crippen molar-refractivity contribution in [2.24, 2.45) is 7.05 Å². The Morgan fingerprint density at radius 3 is 2.88 bits per heavy atom. The summed E-state index contributed by atoms with van der Waals surface area (Å²) in [5.74, 6) is -2.78. The lowest BCUT2D eigenvalue weighted by molar-refractivity contribution is -0.145. The summed E-state index contributed by atoms with van der Waals surface area (Å²) in [5.41, 5.74) is 1.15. The SMILES string of the molecule is Cn1cccc1C(=O)COC(=O)C1CC(=O)Nc2cc(F)ccc21. The van der Waals surface area contributed by atoms with E-state index in [0.29, 0.717) is 11.3 Å². The number of esters is 1. The maximum absolute atomic E-state index is 13.3. The number of halogens is 1. The Morgan fingerprint density at radius 2 is 2.17 bits per heavy atom. The Bertz CT molecular complexity index is 828. The van der Waals surface area contributed by atoms with Gasteiger partial charge in [-0.15, -0.1) is 0 Å². The van der Waals surface area contributed by atoms with E-state index in [2.05, 4.69) is 5.32 Å². The van der Waals surface area contributed by atoms with Crippen LogP contribution in [-0.4, -0.2) is 28.8 Å². The molecule has 1 aromatic carbocycles. The molecule has 1 N–H and O–H groups in total. The predicted molar refractivity (Wildman–Crippen MR) is 83.1 cm³/mol. The zero-order valence-electron chi connectivity index (χ0n) is 12.9. The molecule has 0 fully saturated rings. The molecule has 1 atom stereocenters. The van der Waals surface area contributed by atoms with E-state index in [9.17, 15) is 18.8 Å². The van der Waals surface area contributed by atoms with Crippen LogP contribution in [0.15, 0.2) is 36.5 Å². The number of amides is 1. The number of nitrogens with zero attached hydrogens (tertiary/aromatic N) is 1. The van der Waals surface area contributed by atoms with Gasteiger partial charge in [-0.05, 0) is 29.8 Å². The quantitative estimate of drug-likeness (QED) is 0.687. The molecular formula is C17H15FN2O4. The number of anilines is 1. The van der Waals surface area contributed by atoms with Gasteiger partial charge in [0, 0.05) is 25.4 Å². The first-order chi connectivity index (χ1) is 11.5. The minimum absolute atomic E-state index is 0.101. The monoisotopic (exact) mass is 330 g/mol. The first-order valence-electron chi connectivity index (χ1n) is 7.36. The topological polar surface area (TPSA) is 77.4 Å². The number of ether oxygens (including phenoxy) is 1. The van der Waals surface area contributed by atoms with Crippen molar-refractivity contribution >= 4 is 23.3 Å². The van der Waals surface area contributed by atoms with Crippen molar-refractivity contribution in [2.45, 2.75) is 12.3 Å². The van der Waals surface area contributed by atoms with Crippen molar-refractivity contribution in [2.75, 3.05) is 11.9 Å². The van der Waals surface area contributed by atoms with Gasteiger partial charge in [0.05, 0.1) is 11.6 Å². The van der Waals surface area contributed by atoms with Crippen LogP contribution in [0.3, 0.4) is 0 Å². The molecule has 0 aliphatic carbocycles. The van der Waals surface area contributed by atoms with E-state index < -0.39 is 30.2 Å². The van der Waals surface area contributed by atoms with Gasteiger partial charge in [0.2, 0.25) is 11.7 Å². The minimum Gasteiger partial charge on any atom is -0.457 e. The number of Topliss-reactive ketones (excluding diaryl/α,β-unsaturated/α-hetero) is 1. The van der Waals surface area contributed by atoms with E-state index in [1.807, 2.05) is 0 Å². The molecule has 0 saturated heterocycles. The molecule has 1 aliphatic rings. The average Bonchev–Trinajstić information content (AvgIpc) is 2.97. The molecule has 2 aromatic rings. The van der Waals surface area contributed by atoms with Crippen LogP contribution in [0.5, 0.6) is 0 Å². The molecule has 0 radical (unpaired) electrons. The lowest BCUT2D eigenvalue weighted by Crippen LogP contribution is -2.29. The summed E-state index contributed by atoms with van der Waals surface area (Å²) in [6.45, 7) is -0.411. The Labute approximate surface area is 137 Å². The standard InChI is InChI=1S/C17H15FN2O4/c1-20-6-2-3-14(20)15(21)9-24-17(23)12-8-16(22)19-13-7-10(18)4-5-11(12)13/h2-7,12H,8-9H2,1H3,(H,19,22). The van der Waals surface area contributed by atoms with Crippen molar-refractivity contribution in [3.63, 3.8) is 0 Å². The van der Waals surface area contributed by atoms with Crippen LogP contribution in [0.2, 0.25) is 0 Å². The number of carbonyl (C=O) groups is 3. The summed E-state index contributed by atoms with van der Waals surface area (Å²) < 4.78 is 20.0. The molecule has 1 aromatic heterocycles. The van der Waals surface area contributed by atoms with E-state index >= 15 is 0 Å². The van der Waals surface area contributed by atoms with Crippen LogP contribution in [0.4, 0.5) is 10.1 Å². The lowest BCUT2D eigenvalue weighted by Gasteiger charge is -2.24. The van der Waals surface area contributed by atoms with E-state index in [-0.39, 0.29) is 17.9 Å². The zero-order chi connectivity index (χ0) is 17.3. The van der Waals surface area contributed by atoms with Crippen LogP contribution < -0.4 is 5.32 Å². The van der Waals surface area contributed by atoms with Crippen molar-refractivity contribution in [3.8, 4) is 0 Å². The van der Waals surface area contributed by atoms with Crippen LogP contribution in [-0.2, 0) is 21.4 Å². The van der Waals surface area contributed by atoms with Gasteiger partial charge < -0.3 is 14.6 Å². The summed E-state index contributed by atoms with van der Waals surface area (Å²) in [7, 11) is 1.71. The second-order valence-electron chi connectivity index (χ2n) is 5.57. The van der Waals surface area contributed by atoms with Crippen molar-refractivity contribution in [1.29, 1.82) is 0 Å². The first kappa shape index (κ1) is 15.9. The van der Waals surface area contributed by atoms with Gasteiger partial charge in [-0.2, -0.15) is 0 Å². The van der Waals surface area contributed by atoms with Crippen molar-refractivity contribution in [3.05, 3.63) is 53.6 Å². The van der Waals surface area contributed by atoms with Gasteiger partial charge in [-0.1, -0.05) is 6.07 Å². The van der Waals surface area contributed by atoms with Crippen molar-refractivity contribution < 1.29 is 23.5 Å². The largest absolute Gasteiger partial charge is 0.457 e. The number of hydrogen-bond acceptors (Lipinski definition) is 4. The van der Waals surface area contributed by atoms with Gasteiger partial charge in [0.25, 0.3) is 0 Å². The van der Waals surface area contributed by atoms with Crippen LogP contribution in [0.1, 0.15) is 28.4 Å². The highest BCUT2D eigenvalue weighted by Crippen LogP contribution is 2.33. The minimum atomic E-state index is -0.851. The van der Waals surface area contributed by atoms with Gasteiger partial charge in [0.1, 0.15) is 5.82 Å². The molecule has 124 valence electrons. The highest BCUT2D eigenvalue weighted by molar-refractivity contribution is 6.01. The van der Waals surface area contributed by atoms with Gasteiger partial charge in [-0.25, -0.2) is 4.39 Å². The van der Waals surface area contributed by atoms with Crippen LogP contribution >= 0.6 is 0 Å². The number of nitrogens with one attached hydrogen (secondary N) is 1. The highest BCUT2D eigenvalue weighted by Gasteiger charge is 2.32. The molecule has 7 heteroatoms. The Balaban J connectivity index is 1.73. The number of carbonyl (C=O) groups excluding carboxylic acids is 3. The van der Waals surface area contributed by atoms with E-state index in [4.69, 9.17) is 4.74 Å². The fourth-order valence-corrected chi connectivity index (χ4v) is 2.71. The van der Waals surface area contributed by atoms with Gasteiger partial charge in [0.15, 0.2) is 6.61 Å². The lowest BCUT2D eigenvalue weighted by atomic mass is 9.90. The third-order valence-corrected chi connectivity index (χ3v) is 3.91. The Kier molecular flexibility index (Phi) is 4.16. The van der Waals surface area contributed by atoms with Gasteiger partial charge >= 0.3 is 5.97 Å². The Morgan fingerprint density at radius 1 is 1.38 bits per heavy atom. The number of benzene rings is 1. The number of rotatable bonds is 4. The zero-order valence-corrected chi connectivity index (χ0v) is 12.9. The summed E-state index contributed by atoms with van der Waals surface area (Å²) in [4.78, 5) is 36.0. The van der Waals surface area contributed by atoms with Crippen LogP contribution in [0.25, 0.3) is 0 Å². The van der Waals surface area contributed by atoms with E-state index in [1.54, 1.807) is 29.9 Å². The molecule has 1 unspecified atom stereocenters. The Hall–Kier alpha value is -2.96. The van der Waals surface area contributed by atoms with E-state index in [1.165, 1.54) is 12.1 Å². The molecule has 0 bridgehead atoms. The smallest absolute Gasteiger partial charge is 0.314 e. The molecule has 24 heavy (non-hydrogen) atoms. The normalized spacial score (nSPS) is 16.2.